The number of carboxylic acids is 1. The normalized spacial score (nSPS) is 25.2. The van der Waals surface area contributed by atoms with E-state index in [9.17, 15) is 21.6 Å². The van der Waals surface area contributed by atoms with E-state index in [2.05, 4.69) is 9.62 Å². The van der Waals surface area contributed by atoms with Crippen LogP contribution in [-0.4, -0.2) is 62.9 Å². The number of ether oxygens (including phenoxy) is 1. The lowest BCUT2D eigenvalue weighted by Gasteiger charge is -2.22. The average molecular weight is 396 g/mol. The highest BCUT2D eigenvalue weighted by molar-refractivity contribution is 7.89. The number of carbonyl (C=O) groups is 1. The highest BCUT2D eigenvalue weighted by Gasteiger charge is 2.38. The lowest BCUT2D eigenvalue weighted by atomic mass is 10.1. The summed E-state index contributed by atoms with van der Waals surface area (Å²) in [6, 6.07) is 6.69. The molecule has 0 saturated carbocycles. The predicted octanol–water partition coefficient (Wildman–Crippen LogP) is 1.45. The minimum atomic E-state index is -5.08. The Morgan fingerprint density at radius 1 is 1.27 bits per heavy atom. The molecule has 3 rings (SSSR count). The molecule has 0 aromatic heterocycles. The SMILES string of the molecule is CN1CC[C@@H]2NS(=O)(=O)c3ccccc3O[C@H]2CC1.O=C(O)C(F)(F)F. The van der Waals surface area contributed by atoms with Crippen molar-refractivity contribution in [3.05, 3.63) is 24.3 Å². The van der Waals surface area contributed by atoms with Crippen molar-refractivity contribution in [1.29, 1.82) is 0 Å². The number of aliphatic carboxylic acids is 1. The first kappa shape index (κ1) is 20.5. The van der Waals surface area contributed by atoms with Gasteiger partial charge in [-0.15, -0.1) is 0 Å². The highest BCUT2D eigenvalue weighted by atomic mass is 32.2. The Morgan fingerprint density at radius 3 is 2.46 bits per heavy atom. The molecular formula is C15H19F3N2O5S. The lowest BCUT2D eigenvalue weighted by molar-refractivity contribution is -0.192. The summed E-state index contributed by atoms with van der Waals surface area (Å²) >= 11 is 0. The molecule has 0 unspecified atom stereocenters. The molecule has 2 aliphatic heterocycles. The summed E-state index contributed by atoms with van der Waals surface area (Å²) in [4.78, 5) is 11.3. The van der Waals surface area contributed by atoms with Crippen LogP contribution < -0.4 is 9.46 Å². The third-order valence-electron chi connectivity index (χ3n) is 4.03. The summed E-state index contributed by atoms with van der Waals surface area (Å²) in [5, 5.41) is 7.12. The second-order valence-corrected chi connectivity index (χ2v) is 7.70. The van der Waals surface area contributed by atoms with Gasteiger partial charge in [-0.1, -0.05) is 12.1 Å². The van der Waals surface area contributed by atoms with Crippen LogP contribution in [-0.2, 0) is 14.8 Å². The second kappa shape index (κ2) is 7.80. The van der Waals surface area contributed by atoms with E-state index in [-0.39, 0.29) is 17.0 Å². The van der Waals surface area contributed by atoms with Gasteiger partial charge in [-0.05, 0) is 38.6 Å². The number of nitrogens with zero attached hydrogens (tertiary/aromatic N) is 1. The maximum Gasteiger partial charge on any atom is 0.490 e. The van der Waals surface area contributed by atoms with Gasteiger partial charge in [0.2, 0.25) is 10.0 Å². The van der Waals surface area contributed by atoms with Crippen LogP contribution >= 0.6 is 0 Å². The molecule has 1 aromatic carbocycles. The van der Waals surface area contributed by atoms with E-state index in [0.29, 0.717) is 5.75 Å². The van der Waals surface area contributed by atoms with Gasteiger partial charge in [0.1, 0.15) is 16.7 Å². The number of benzene rings is 1. The molecule has 0 amide bonds. The number of fused-ring (bicyclic) bond motifs is 2. The van der Waals surface area contributed by atoms with Crippen molar-refractivity contribution in [3.63, 3.8) is 0 Å². The fraction of sp³-hybridized carbons (Fsp3) is 0.533. The number of carboxylic acid groups (broad SMARTS) is 1. The fourth-order valence-corrected chi connectivity index (χ4v) is 4.11. The Kier molecular flexibility index (Phi) is 6.14. The molecule has 2 aliphatic rings. The topological polar surface area (TPSA) is 95.9 Å². The lowest BCUT2D eigenvalue weighted by Crippen LogP contribution is -2.43. The summed E-state index contributed by atoms with van der Waals surface area (Å²) in [6.45, 7) is 1.80. The zero-order valence-electron chi connectivity index (χ0n) is 13.9. The molecule has 7 nitrogen and oxygen atoms in total. The van der Waals surface area contributed by atoms with Crippen LogP contribution in [0.4, 0.5) is 13.2 Å². The van der Waals surface area contributed by atoms with Gasteiger partial charge in [-0.3, -0.25) is 0 Å². The van der Waals surface area contributed by atoms with E-state index in [4.69, 9.17) is 14.6 Å². The number of para-hydroxylation sites is 1. The van der Waals surface area contributed by atoms with Crippen LogP contribution in [0.2, 0.25) is 0 Å². The van der Waals surface area contributed by atoms with Gasteiger partial charge in [-0.2, -0.15) is 13.2 Å². The molecular weight excluding hydrogens is 377 g/mol. The number of likely N-dealkylation sites (tertiary alicyclic amines) is 1. The van der Waals surface area contributed by atoms with Crippen molar-refractivity contribution in [3.8, 4) is 5.75 Å². The van der Waals surface area contributed by atoms with Crippen LogP contribution in [0.3, 0.4) is 0 Å². The Balaban J connectivity index is 0.000000298. The molecule has 2 heterocycles. The van der Waals surface area contributed by atoms with E-state index in [0.717, 1.165) is 25.9 Å². The molecule has 0 bridgehead atoms. The minimum absolute atomic E-state index is 0.0941. The third kappa shape index (κ3) is 5.08. The van der Waals surface area contributed by atoms with Crippen molar-refractivity contribution in [1.82, 2.24) is 9.62 Å². The first-order chi connectivity index (χ1) is 12.0. The van der Waals surface area contributed by atoms with Crippen molar-refractivity contribution < 1.29 is 36.2 Å². The zero-order chi connectivity index (χ0) is 19.5. The summed E-state index contributed by atoms with van der Waals surface area (Å²) in [5.74, 6) is -2.29. The van der Waals surface area contributed by atoms with Gasteiger partial charge in [0.15, 0.2) is 0 Å². The number of alkyl halides is 3. The zero-order valence-corrected chi connectivity index (χ0v) is 14.7. The molecule has 0 radical (unpaired) electrons. The predicted molar refractivity (Wildman–Crippen MR) is 85.4 cm³/mol. The molecule has 2 atom stereocenters. The van der Waals surface area contributed by atoms with Gasteiger partial charge in [0.05, 0.1) is 6.04 Å². The summed E-state index contributed by atoms with van der Waals surface area (Å²) in [6.07, 6.45) is -3.57. The molecule has 1 aromatic rings. The number of nitrogens with one attached hydrogen (secondary N) is 1. The smallest absolute Gasteiger partial charge is 0.487 e. The van der Waals surface area contributed by atoms with Crippen molar-refractivity contribution in [2.45, 2.75) is 36.1 Å². The summed E-state index contributed by atoms with van der Waals surface area (Å²) < 4.78 is 65.2. The quantitative estimate of drug-likeness (QED) is 0.689. The molecule has 1 saturated heterocycles. The number of halogens is 3. The molecule has 11 heteroatoms. The van der Waals surface area contributed by atoms with Gasteiger partial charge in [0, 0.05) is 6.54 Å². The highest BCUT2D eigenvalue weighted by Crippen LogP contribution is 2.30. The van der Waals surface area contributed by atoms with Crippen LogP contribution in [0.5, 0.6) is 5.75 Å². The fourth-order valence-electron chi connectivity index (χ4n) is 2.68. The van der Waals surface area contributed by atoms with Crippen molar-refractivity contribution >= 4 is 16.0 Å². The Labute approximate surface area is 148 Å². The molecule has 146 valence electrons. The summed E-state index contributed by atoms with van der Waals surface area (Å²) in [7, 11) is -1.43. The maximum atomic E-state index is 12.3. The second-order valence-electron chi connectivity index (χ2n) is 6.01. The van der Waals surface area contributed by atoms with Crippen LogP contribution in [0, 0.1) is 0 Å². The number of hydrogen-bond acceptors (Lipinski definition) is 5. The molecule has 2 N–H and O–H groups in total. The molecule has 1 fully saturated rings. The monoisotopic (exact) mass is 396 g/mol. The first-order valence-electron chi connectivity index (χ1n) is 7.77. The third-order valence-corrected chi connectivity index (χ3v) is 5.56. The number of hydrogen-bond donors (Lipinski definition) is 2. The molecule has 26 heavy (non-hydrogen) atoms. The van der Waals surface area contributed by atoms with Crippen molar-refractivity contribution in [2.75, 3.05) is 20.1 Å². The summed E-state index contributed by atoms with van der Waals surface area (Å²) in [5.41, 5.74) is 0. The van der Waals surface area contributed by atoms with E-state index >= 15 is 0 Å². The van der Waals surface area contributed by atoms with Gasteiger partial charge in [-0.25, -0.2) is 17.9 Å². The van der Waals surface area contributed by atoms with Crippen LogP contribution in [0.25, 0.3) is 0 Å². The van der Waals surface area contributed by atoms with Crippen molar-refractivity contribution in [2.24, 2.45) is 0 Å². The Morgan fingerprint density at radius 2 is 1.85 bits per heavy atom. The molecule has 0 aliphatic carbocycles. The Hall–Kier alpha value is -1.85. The van der Waals surface area contributed by atoms with E-state index < -0.39 is 22.2 Å². The van der Waals surface area contributed by atoms with E-state index in [1.54, 1.807) is 24.3 Å². The van der Waals surface area contributed by atoms with E-state index in [1.807, 2.05) is 7.05 Å². The first-order valence-corrected chi connectivity index (χ1v) is 9.25. The van der Waals surface area contributed by atoms with Crippen LogP contribution in [0.1, 0.15) is 12.8 Å². The number of rotatable bonds is 0. The largest absolute Gasteiger partial charge is 0.490 e. The van der Waals surface area contributed by atoms with Gasteiger partial charge in [0.25, 0.3) is 0 Å². The van der Waals surface area contributed by atoms with Gasteiger partial charge >= 0.3 is 12.1 Å². The minimum Gasteiger partial charge on any atom is -0.487 e. The van der Waals surface area contributed by atoms with Gasteiger partial charge < -0.3 is 14.7 Å². The van der Waals surface area contributed by atoms with Crippen LogP contribution in [0.15, 0.2) is 29.2 Å². The standard InChI is InChI=1S/C13H18N2O3S.C2HF3O2/c1-15-8-6-10-11(7-9-15)18-12-4-2-3-5-13(12)19(16,17)14-10;3-2(4,5)1(6)7/h2-5,10-11,14H,6-9H2,1H3;(H,6,7)/t10-,11-;/m0./s1. The Bertz CT molecular complexity index is 754. The average Bonchev–Trinajstić information content (AvgIpc) is 2.76. The maximum absolute atomic E-state index is 12.3. The molecule has 0 spiro atoms. The number of sulfonamides is 1. The van der Waals surface area contributed by atoms with E-state index in [1.165, 1.54) is 0 Å².